The lowest BCUT2D eigenvalue weighted by Gasteiger charge is -2.29. The van der Waals surface area contributed by atoms with Crippen LogP contribution in [0.3, 0.4) is 0 Å². The van der Waals surface area contributed by atoms with E-state index >= 15 is 0 Å². The highest BCUT2D eigenvalue weighted by molar-refractivity contribution is 6.05. The Bertz CT molecular complexity index is 778. The molecule has 4 N–H and O–H groups in total. The highest BCUT2D eigenvalue weighted by Crippen LogP contribution is 2.30. The molecule has 7 nitrogen and oxygen atoms in total. The summed E-state index contributed by atoms with van der Waals surface area (Å²) >= 11 is 0. The van der Waals surface area contributed by atoms with E-state index < -0.39 is 6.04 Å². The SMILES string of the molecule is NC1CCCC1CNCc1cccc2c1C(=O)N(C1CCC(=O)NC1=O)C2. The minimum atomic E-state index is -0.570. The highest BCUT2D eigenvalue weighted by Gasteiger charge is 2.39. The second-order valence-electron chi connectivity index (χ2n) is 7.84. The minimum Gasteiger partial charge on any atom is -0.327 e. The predicted octanol–water partition coefficient (Wildman–Crippen LogP) is 0.665. The molecule has 7 heteroatoms. The molecule has 1 aliphatic carbocycles. The molecule has 1 aromatic carbocycles. The van der Waals surface area contributed by atoms with Crippen LogP contribution in [0, 0.1) is 5.92 Å². The van der Waals surface area contributed by atoms with Crippen LogP contribution in [-0.2, 0) is 22.7 Å². The molecular weight excluding hydrogens is 344 g/mol. The van der Waals surface area contributed by atoms with Crippen molar-refractivity contribution in [1.29, 1.82) is 0 Å². The summed E-state index contributed by atoms with van der Waals surface area (Å²) < 4.78 is 0. The molecule has 3 aliphatic rings. The molecule has 3 atom stereocenters. The molecule has 0 spiro atoms. The van der Waals surface area contributed by atoms with Gasteiger partial charge < -0.3 is 16.0 Å². The standard InChI is InChI=1S/C20H26N4O3/c21-15-6-2-3-12(15)9-22-10-13-4-1-5-14-11-24(20(27)18(13)14)16-7-8-17(25)23-19(16)26/h1,4-5,12,15-16,22H,2-3,6-11,21H2,(H,23,25,26). The maximum atomic E-state index is 13.0. The van der Waals surface area contributed by atoms with Crippen molar-refractivity contribution in [3.8, 4) is 0 Å². The first-order chi connectivity index (χ1) is 13.0. The van der Waals surface area contributed by atoms with Crippen molar-refractivity contribution in [3.05, 3.63) is 34.9 Å². The van der Waals surface area contributed by atoms with Crippen LogP contribution >= 0.6 is 0 Å². The van der Waals surface area contributed by atoms with Crippen molar-refractivity contribution in [3.63, 3.8) is 0 Å². The van der Waals surface area contributed by atoms with Gasteiger partial charge in [0.1, 0.15) is 6.04 Å². The summed E-state index contributed by atoms with van der Waals surface area (Å²) in [5.41, 5.74) is 8.73. The number of amides is 3. The quantitative estimate of drug-likeness (QED) is 0.661. The van der Waals surface area contributed by atoms with Crippen LogP contribution in [0.2, 0.25) is 0 Å². The van der Waals surface area contributed by atoms with Crippen LogP contribution in [0.1, 0.15) is 53.6 Å². The van der Waals surface area contributed by atoms with Gasteiger partial charge in [-0.05, 0) is 42.9 Å². The number of hydrogen-bond donors (Lipinski definition) is 3. The Kier molecular flexibility index (Phi) is 4.97. The Balaban J connectivity index is 1.45. The van der Waals surface area contributed by atoms with E-state index in [1.165, 1.54) is 6.42 Å². The number of imide groups is 1. The van der Waals surface area contributed by atoms with Crippen LogP contribution in [0.4, 0.5) is 0 Å². The maximum Gasteiger partial charge on any atom is 0.255 e. The molecule has 3 amide bonds. The van der Waals surface area contributed by atoms with Gasteiger partial charge in [-0.25, -0.2) is 0 Å². The lowest BCUT2D eigenvalue weighted by Crippen LogP contribution is -2.52. The van der Waals surface area contributed by atoms with Gasteiger partial charge in [0, 0.05) is 31.1 Å². The van der Waals surface area contributed by atoms with Gasteiger partial charge in [-0.15, -0.1) is 0 Å². The highest BCUT2D eigenvalue weighted by atomic mass is 16.2. The van der Waals surface area contributed by atoms with Crippen molar-refractivity contribution in [2.75, 3.05) is 6.54 Å². The van der Waals surface area contributed by atoms with E-state index in [2.05, 4.69) is 10.6 Å². The van der Waals surface area contributed by atoms with Crippen LogP contribution in [-0.4, -0.2) is 41.2 Å². The summed E-state index contributed by atoms with van der Waals surface area (Å²) in [5, 5.41) is 5.80. The lowest BCUT2D eigenvalue weighted by molar-refractivity contribution is -0.136. The number of hydrogen-bond acceptors (Lipinski definition) is 5. The Morgan fingerprint density at radius 2 is 2.04 bits per heavy atom. The number of nitrogens with two attached hydrogens (primary N) is 1. The molecule has 2 fully saturated rings. The van der Waals surface area contributed by atoms with Gasteiger partial charge in [0.05, 0.1) is 0 Å². The molecular formula is C20H26N4O3. The zero-order chi connectivity index (χ0) is 19.0. The topological polar surface area (TPSA) is 105 Å². The Morgan fingerprint density at radius 1 is 1.19 bits per heavy atom. The van der Waals surface area contributed by atoms with Crippen molar-refractivity contribution in [2.45, 2.75) is 57.3 Å². The van der Waals surface area contributed by atoms with E-state index in [1.807, 2.05) is 18.2 Å². The fourth-order valence-electron chi connectivity index (χ4n) is 4.55. The molecule has 1 saturated heterocycles. The lowest BCUT2D eigenvalue weighted by atomic mass is 10.0. The van der Waals surface area contributed by atoms with E-state index in [4.69, 9.17) is 5.73 Å². The van der Waals surface area contributed by atoms with Crippen LogP contribution in [0.5, 0.6) is 0 Å². The number of carbonyl (C=O) groups excluding carboxylic acids is 3. The van der Waals surface area contributed by atoms with E-state index in [-0.39, 0.29) is 30.2 Å². The summed E-state index contributed by atoms with van der Waals surface area (Å²) in [7, 11) is 0. The summed E-state index contributed by atoms with van der Waals surface area (Å²) in [5.74, 6) is -0.260. The van der Waals surface area contributed by atoms with Gasteiger partial charge in [0.15, 0.2) is 0 Å². The van der Waals surface area contributed by atoms with E-state index in [0.717, 1.165) is 30.5 Å². The molecule has 27 heavy (non-hydrogen) atoms. The van der Waals surface area contributed by atoms with Gasteiger partial charge in [-0.3, -0.25) is 19.7 Å². The van der Waals surface area contributed by atoms with Crippen LogP contribution < -0.4 is 16.4 Å². The molecule has 0 aromatic heterocycles. The monoisotopic (exact) mass is 370 g/mol. The first-order valence-electron chi connectivity index (χ1n) is 9.76. The molecule has 1 aromatic rings. The Hall–Kier alpha value is -2.25. The average Bonchev–Trinajstić information content (AvgIpc) is 3.19. The van der Waals surface area contributed by atoms with Crippen LogP contribution in [0.15, 0.2) is 18.2 Å². The second kappa shape index (κ2) is 7.40. The zero-order valence-electron chi connectivity index (χ0n) is 15.4. The average molecular weight is 370 g/mol. The zero-order valence-corrected chi connectivity index (χ0v) is 15.4. The number of fused-ring (bicyclic) bond motifs is 1. The minimum absolute atomic E-state index is 0.116. The molecule has 2 aliphatic heterocycles. The van der Waals surface area contributed by atoms with Gasteiger partial charge in [0.25, 0.3) is 5.91 Å². The molecule has 3 unspecified atom stereocenters. The fourth-order valence-corrected chi connectivity index (χ4v) is 4.55. The third-order valence-electron chi connectivity index (χ3n) is 6.08. The third kappa shape index (κ3) is 3.49. The smallest absolute Gasteiger partial charge is 0.255 e. The number of benzene rings is 1. The maximum absolute atomic E-state index is 13.0. The number of nitrogens with zero attached hydrogens (tertiary/aromatic N) is 1. The summed E-state index contributed by atoms with van der Waals surface area (Å²) in [6.45, 7) is 1.89. The third-order valence-corrected chi connectivity index (χ3v) is 6.08. The molecule has 4 rings (SSSR count). The van der Waals surface area contributed by atoms with Gasteiger partial charge >= 0.3 is 0 Å². The first kappa shape index (κ1) is 18.1. The molecule has 2 heterocycles. The largest absolute Gasteiger partial charge is 0.327 e. The van der Waals surface area contributed by atoms with Crippen molar-refractivity contribution in [1.82, 2.24) is 15.5 Å². The van der Waals surface area contributed by atoms with E-state index in [1.54, 1.807) is 4.90 Å². The molecule has 144 valence electrons. The second-order valence-corrected chi connectivity index (χ2v) is 7.84. The number of carbonyl (C=O) groups is 3. The Morgan fingerprint density at radius 3 is 2.78 bits per heavy atom. The first-order valence-corrected chi connectivity index (χ1v) is 9.76. The normalized spacial score (nSPS) is 27.8. The van der Waals surface area contributed by atoms with Crippen LogP contribution in [0.25, 0.3) is 0 Å². The van der Waals surface area contributed by atoms with Gasteiger partial charge in [0.2, 0.25) is 11.8 Å². The van der Waals surface area contributed by atoms with E-state index in [9.17, 15) is 14.4 Å². The van der Waals surface area contributed by atoms with Crippen molar-refractivity contribution >= 4 is 17.7 Å². The number of rotatable bonds is 5. The van der Waals surface area contributed by atoms with Crippen molar-refractivity contribution < 1.29 is 14.4 Å². The summed E-state index contributed by atoms with van der Waals surface area (Å²) in [6.07, 6.45) is 4.09. The van der Waals surface area contributed by atoms with Gasteiger partial charge in [-0.2, -0.15) is 0 Å². The number of nitrogens with one attached hydrogen (secondary N) is 2. The summed E-state index contributed by atoms with van der Waals surface area (Å²) in [6, 6.07) is 5.56. The summed E-state index contributed by atoms with van der Waals surface area (Å²) in [4.78, 5) is 38.2. The Labute approximate surface area is 158 Å². The molecule has 1 saturated carbocycles. The van der Waals surface area contributed by atoms with E-state index in [0.29, 0.717) is 31.0 Å². The van der Waals surface area contributed by atoms with Gasteiger partial charge in [-0.1, -0.05) is 24.6 Å². The molecule has 0 radical (unpaired) electrons. The number of piperidine rings is 1. The predicted molar refractivity (Wildman–Crippen MR) is 99.5 cm³/mol. The molecule has 0 bridgehead atoms. The fraction of sp³-hybridized carbons (Fsp3) is 0.550. The van der Waals surface area contributed by atoms with Crippen molar-refractivity contribution in [2.24, 2.45) is 11.7 Å².